The number of hydrogen-bond donors (Lipinski definition) is 0. The largest absolute Gasteiger partial charge is 0.297 e. The molecule has 0 fully saturated rings. The van der Waals surface area contributed by atoms with Gasteiger partial charge in [0.05, 0.1) is 17.2 Å². The number of Topliss-reactive ketones (excluding diaryl/α,β-unsaturated/α-hetero) is 1. The maximum absolute atomic E-state index is 12.6. The van der Waals surface area contributed by atoms with Crippen molar-refractivity contribution in [1.82, 2.24) is 19.7 Å². The molecule has 146 valence electrons. The zero-order chi connectivity index (χ0) is 20.1. The van der Waals surface area contributed by atoms with Crippen LogP contribution >= 0.6 is 23.1 Å². The molecule has 7 heteroatoms. The van der Waals surface area contributed by atoms with E-state index in [9.17, 15) is 4.79 Å². The summed E-state index contributed by atoms with van der Waals surface area (Å²) in [5.41, 5.74) is 2.05. The zero-order valence-corrected chi connectivity index (χ0v) is 17.6. The molecule has 0 saturated heterocycles. The Kier molecular flexibility index (Phi) is 6.17. The third-order valence-corrected chi connectivity index (χ3v) is 6.67. The highest BCUT2D eigenvalue weighted by Crippen LogP contribution is 2.26. The smallest absolute Gasteiger partial charge is 0.192 e. The third kappa shape index (κ3) is 4.63. The van der Waals surface area contributed by atoms with Gasteiger partial charge in [-0.15, -0.1) is 21.5 Å². The summed E-state index contributed by atoms with van der Waals surface area (Å²) in [5.74, 6) is 1.21. The minimum Gasteiger partial charge on any atom is -0.297 e. The monoisotopic (exact) mass is 420 g/mol. The number of nitrogens with zero attached hydrogens (tertiary/aromatic N) is 4. The summed E-state index contributed by atoms with van der Waals surface area (Å²) in [7, 11) is 0. The first-order chi connectivity index (χ1) is 14.2. The standard InChI is InChI=1S/C22H20N4OS2/c1-2-18-10-11-20(29-18)19(27)15-28-22-25-24-21(17-9-6-12-23-13-17)26(22)14-16-7-4-3-5-8-16/h3-13H,2,14-15H2,1H3. The van der Waals surface area contributed by atoms with Crippen LogP contribution in [0.15, 0.2) is 72.1 Å². The Morgan fingerprint density at radius 1 is 1.07 bits per heavy atom. The molecular formula is C22H20N4OS2. The Hall–Kier alpha value is -2.77. The predicted molar refractivity (Wildman–Crippen MR) is 118 cm³/mol. The number of aryl methyl sites for hydroxylation is 1. The number of aromatic nitrogens is 4. The van der Waals surface area contributed by atoms with Crippen molar-refractivity contribution in [1.29, 1.82) is 0 Å². The van der Waals surface area contributed by atoms with Gasteiger partial charge in [-0.05, 0) is 36.2 Å². The molecule has 0 amide bonds. The van der Waals surface area contributed by atoms with E-state index in [-0.39, 0.29) is 5.78 Å². The molecule has 0 aliphatic heterocycles. The molecule has 3 aromatic heterocycles. The van der Waals surface area contributed by atoms with Crippen molar-refractivity contribution in [2.45, 2.75) is 25.0 Å². The third-order valence-electron chi connectivity index (χ3n) is 4.44. The molecule has 1 aromatic carbocycles. The Balaban J connectivity index is 1.59. The molecule has 0 N–H and O–H groups in total. The highest BCUT2D eigenvalue weighted by Gasteiger charge is 2.17. The van der Waals surface area contributed by atoms with Crippen LogP contribution in [0.25, 0.3) is 11.4 Å². The second kappa shape index (κ2) is 9.15. The average molecular weight is 421 g/mol. The van der Waals surface area contributed by atoms with E-state index in [1.54, 1.807) is 23.7 Å². The number of thioether (sulfide) groups is 1. The Morgan fingerprint density at radius 2 is 1.93 bits per heavy atom. The van der Waals surface area contributed by atoms with Gasteiger partial charge in [0, 0.05) is 22.8 Å². The van der Waals surface area contributed by atoms with Gasteiger partial charge >= 0.3 is 0 Å². The fraction of sp³-hybridized carbons (Fsp3) is 0.182. The van der Waals surface area contributed by atoms with Gasteiger partial charge < -0.3 is 0 Å². The second-order valence-corrected chi connectivity index (χ2v) is 8.56. The van der Waals surface area contributed by atoms with Crippen LogP contribution < -0.4 is 0 Å². The van der Waals surface area contributed by atoms with E-state index in [2.05, 4.69) is 38.8 Å². The fourth-order valence-electron chi connectivity index (χ4n) is 2.93. The SMILES string of the molecule is CCc1ccc(C(=O)CSc2nnc(-c3cccnc3)n2Cc2ccccc2)s1. The molecule has 0 atom stereocenters. The summed E-state index contributed by atoms with van der Waals surface area (Å²) < 4.78 is 2.05. The van der Waals surface area contributed by atoms with Gasteiger partial charge in [0.25, 0.3) is 0 Å². The van der Waals surface area contributed by atoms with Crippen LogP contribution in [0.5, 0.6) is 0 Å². The number of benzene rings is 1. The molecule has 0 radical (unpaired) electrons. The summed E-state index contributed by atoms with van der Waals surface area (Å²) in [6.07, 6.45) is 4.47. The van der Waals surface area contributed by atoms with Crippen molar-refractivity contribution in [2.24, 2.45) is 0 Å². The van der Waals surface area contributed by atoms with E-state index in [1.807, 2.05) is 42.5 Å². The van der Waals surface area contributed by atoms with Crippen molar-refractivity contribution in [3.05, 3.63) is 82.3 Å². The van der Waals surface area contributed by atoms with E-state index in [4.69, 9.17) is 0 Å². The average Bonchev–Trinajstić information content (AvgIpc) is 3.41. The van der Waals surface area contributed by atoms with Crippen molar-refractivity contribution < 1.29 is 4.79 Å². The first kappa shape index (κ1) is 19.5. The summed E-state index contributed by atoms with van der Waals surface area (Å²) in [6.45, 7) is 2.73. The first-order valence-corrected chi connectivity index (χ1v) is 11.2. The number of pyridine rings is 1. The predicted octanol–water partition coefficient (Wildman–Crippen LogP) is 4.99. The lowest BCUT2D eigenvalue weighted by Crippen LogP contribution is -2.06. The van der Waals surface area contributed by atoms with Crippen LogP contribution in [0.4, 0.5) is 0 Å². The Labute approximate surface area is 177 Å². The lowest BCUT2D eigenvalue weighted by atomic mass is 10.2. The lowest BCUT2D eigenvalue weighted by Gasteiger charge is -2.10. The number of thiophene rings is 1. The molecule has 0 saturated carbocycles. The van der Waals surface area contributed by atoms with E-state index in [1.165, 1.54) is 16.6 Å². The Bertz CT molecular complexity index is 1090. The van der Waals surface area contributed by atoms with Crippen molar-refractivity contribution in [3.63, 3.8) is 0 Å². The van der Waals surface area contributed by atoms with Crippen molar-refractivity contribution >= 4 is 28.9 Å². The highest BCUT2D eigenvalue weighted by atomic mass is 32.2. The van der Waals surface area contributed by atoms with Crippen molar-refractivity contribution in [2.75, 3.05) is 5.75 Å². The van der Waals surface area contributed by atoms with Gasteiger partial charge in [0.1, 0.15) is 0 Å². The molecule has 3 heterocycles. The van der Waals surface area contributed by atoms with Gasteiger partial charge in [-0.25, -0.2) is 0 Å². The lowest BCUT2D eigenvalue weighted by molar-refractivity contribution is 0.102. The minimum atomic E-state index is 0.122. The van der Waals surface area contributed by atoms with Crippen LogP contribution in [0, 0.1) is 0 Å². The molecule has 4 aromatic rings. The highest BCUT2D eigenvalue weighted by molar-refractivity contribution is 7.99. The van der Waals surface area contributed by atoms with E-state index in [0.29, 0.717) is 12.3 Å². The molecule has 0 aliphatic carbocycles. The number of carbonyl (C=O) groups is 1. The molecule has 0 aliphatic rings. The van der Waals surface area contributed by atoms with Crippen LogP contribution in [-0.4, -0.2) is 31.3 Å². The molecule has 0 bridgehead atoms. The van der Waals surface area contributed by atoms with Gasteiger partial charge in [-0.1, -0.05) is 49.0 Å². The quantitative estimate of drug-likeness (QED) is 0.297. The summed E-state index contributed by atoms with van der Waals surface area (Å²) in [5, 5.41) is 9.50. The second-order valence-electron chi connectivity index (χ2n) is 6.45. The molecule has 29 heavy (non-hydrogen) atoms. The molecule has 4 rings (SSSR count). The molecule has 0 spiro atoms. The minimum absolute atomic E-state index is 0.122. The van der Waals surface area contributed by atoms with Crippen molar-refractivity contribution in [3.8, 4) is 11.4 Å². The number of carbonyl (C=O) groups excluding carboxylic acids is 1. The van der Waals surface area contributed by atoms with Crippen LogP contribution in [0.3, 0.4) is 0 Å². The van der Waals surface area contributed by atoms with E-state index >= 15 is 0 Å². The zero-order valence-electron chi connectivity index (χ0n) is 16.0. The van der Waals surface area contributed by atoms with Gasteiger partial charge in [-0.3, -0.25) is 14.3 Å². The van der Waals surface area contributed by atoms with Crippen LogP contribution in [0.2, 0.25) is 0 Å². The van der Waals surface area contributed by atoms with E-state index in [0.717, 1.165) is 33.4 Å². The first-order valence-electron chi connectivity index (χ1n) is 9.37. The van der Waals surface area contributed by atoms with Gasteiger partial charge in [0.15, 0.2) is 16.8 Å². The topological polar surface area (TPSA) is 60.7 Å². The van der Waals surface area contributed by atoms with E-state index < -0.39 is 0 Å². The number of rotatable bonds is 8. The number of hydrogen-bond acceptors (Lipinski definition) is 6. The van der Waals surface area contributed by atoms with Gasteiger partial charge in [0.2, 0.25) is 0 Å². The summed E-state index contributed by atoms with van der Waals surface area (Å²) >= 11 is 3.00. The van der Waals surface area contributed by atoms with Gasteiger partial charge in [-0.2, -0.15) is 0 Å². The van der Waals surface area contributed by atoms with Crippen LogP contribution in [-0.2, 0) is 13.0 Å². The maximum Gasteiger partial charge on any atom is 0.192 e. The molecular weight excluding hydrogens is 400 g/mol. The summed E-state index contributed by atoms with van der Waals surface area (Å²) in [4.78, 5) is 18.8. The fourth-order valence-corrected chi connectivity index (χ4v) is 4.73. The Morgan fingerprint density at radius 3 is 2.66 bits per heavy atom. The van der Waals surface area contributed by atoms with Crippen LogP contribution in [0.1, 0.15) is 27.0 Å². The molecule has 0 unspecified atom stereocenters. The summed E-state index contributed by atoms with van der Waals surface area (Å²) in [6, 6.07) is 18.0. The number of ketones is 1. The molecule has 5 nitrogen and oxygen atoms in total. The maximum atomic E-state index is 12.6. The normalized spacial score (nSPS) is 10.9.